The Morgan fingerprint density at radius 3 is 2.93 bits per heavy atom. The number of tetrazole rings is 1. The van der Waals surface area contributed by atoms with Crippen LogP contribution >= 0.6 is 35.3 Å². The number of halogens is 1. The van der Waals surface area contributed by atoms with E-state index in [0.29, 0.717) is 16.5 Å². The Labute approximate surface area is 166 Å². The Kier molecular flexibility index (Phi) is 5.59. The van der Waals surface area contributed by atoms with Gasteiger partial charge in [0.05, 0.1) is 6.07 Å². The minimum atomic E-state index is -1.23. The highest BCUT2D eigenvalue weighted by Crippen LogP contribution is 2.43. The average molecular weight is 430 g/mol. The summed E-state index contributed by atoms with van der Waals surface area (Å²) in [5, 5.41) is 29.2. The van der Waals surface area contributed by atoms with Gasteiger partial charge in [-0.3, -0.25) is 14.5 Å². The molecule has 0 aromatic carbocycles. The van der Waals surface area contributed by atoms with Gasteiger partial charge in [-0.1, -0.05) is 11.8 Å². The molecular weight excluding hydrogens is 418 g/mol. The van der Waals surface area contributed by atoms with E-state index in [1.54, 1.807) is 0 Å². The van der Waals surface area contributed by atoms with Crippen molar-refractivity contribution in [1.29, 1.82) is 5.26 Å². The number of hydrogen-bond acceptors (Lipinski definition) is 9. The van der Waals surface area contributed by atoms with Crippen LogP contribution in [0.2, 0.25) is 0 Å². The number of amides is 2. The Hall–Kier alpha value is -2.30. The summed E-state index contributed by atoms with van der Waals surface area (Å²) in [4.78, 5) is 36.8. The van der Waals surface area contributed by atoms with Gasteiger partial charge in [0.1, 0.15) is 17.6 Å². The van der Waals surface area contributed by atoms with Crippen molar-refractivity contribution in [3.8, 4) is 6.07 Å². The quantitative estimate of drug-likeness (QED) is 0.370. The number of hydrogen-bond donors (Lipinski definition) is 1. The normalized spacial score (nSPS) is 21.4. The third kappa shape index (κ3) is 3.47. The van der Waals surface area contributed by atoms with E-state index in [4.69, 9.17) is 17.0 Å². The molecule has 0 saturated carbocycles. The van der Waals surface area contributed by atoms with Crippen molar-refractivity contribution in [3.63, 3.8) is 0 Å². The van der Waals surface area contributed by atoms with E-state index in [-0.39, 0.29) is 18.0 Å². The van der Waals surface area contributed by atoms with Crippen LogP contribution in [0.3, 0.4) is 0 Å². The molecule has 0 spiro atoms. The smallest absolute Gasteiger partial charge is 0.352 e. The van der Waals surface area contributed by atoms with Crippen LogP contribution in [-0.4, -0.2) is 75.3 Å². The van der Waals surface area contributed by atoms with Gasteiger partial charge in [-0.05, 0) is 16.0 Å². The van der Waals surface area contributed by atoms with Crippen LogP contribution in [0.15, 0.2) is 16.4 Å². The fourth-order valence-electron chi connectivity index (χ4n) is 2.66. The molecule has 1 fully saturated rings. The number of rotatable bonds is 6. The maximum Gasteiger partial charge on any atom is 0.352 e. The number of nitriles is 1. The van der Waals surface area contributed by atoms with E-state index in [0.717, 1.165) is 9.32 Å². The van der Waals surface area contributed by atoms with Gasteiger partial charge in [0.25, 0.3) is 5.91 Å². The summed E-state index contributed by atoms with van der Waals surface area (Å²) in [5.74, 6) is -1.67. The van der Waals surface area contributed by atoms with Gasteiger partial charge >= 0.3 is 5.97 Å². The molecule has 1 N–H and O–H groups in total. The standard InChI is InChI=1S/C13H12ClN7O4S2/c1-6(22)21(14)9-10(23)20-8(12(24)25)7(4-26-11(9)20)5-27-13-16-17-18-19(13)3-2-15/h9,11H,3-5H2,1H3,(H,24,25)/t9?,11-/m0/s1. The molecule has 1 aromatic heterocycles. The molecule has 0 radical (unpaired) electrons. The van der Waals surface area contributed by atoms with Crippen molar-refractivity contribution in [2.75, 3.05) is 11.5 Å². The van der Waals surface area contributed by atoms with Crippen molar-refractivity contribution in [3.05, 3.63) is 11.3 Å². The summed E-state index contributed by atoms with van der Waals surface area (Å²) in [7, 11) is 0. The zero-order valence-corrected chi connectivity index (χ0v) is 16.2. The summed E-state index contributed by atoms with van der Waals surface area (Å²) in [6.45, 7) is 1.21. The van der Waals surface area contributed by atoms with Crippen molar-refractivity contribution in [1.82, 2.24) is 29.5 Å². The second-order valence-corrected chi connectivity index (χ2v) is 7.92. The molecule has 3 heterocycles. The third-order valence-electron chi connectivity index (χ3n) is 3.86. The molecular formula is C13H12ClN7O4S2. The van der Waals surface area contributed by atoms with Crippen molar-refractivity contribution in [2.45, 2.75) is 30.0 Å². The van der Waals surface area contributed by atoms with Crippen LogP contribution in [0.4, 0.5) is 0 Å². The topological polar surface area (TPSA) is 145 Å². The molecule has 14 heteroatoms. The van der Waals surface area contributed by atoms with E-state index in [2.05, 4.69) is 15.5 Å². The molecule has 2 aliphatic rings. The first-order valence-electron chi connectivity index (χ1n) is 7.48. The predicted octanol–water partition coefficient (Wildman–Crippen LogP) is -0.0865. The van der Waals surface area contributed by atoms with Gasteiger partial charge in [-0.15, -0.1) is 16.9 Å². The minimum Gasteiger partial charge on any atom is -0.477 e. The SMILES string of the molecule is CC(=O)N(Cl)C1C(=O)N2C(C(=O)O)=C(CSc3nnnn3CC#N)CS[C@@H]12. The first kappa shape index (κ1) is 19.5. The molecule has 1 unspecified atom stereocenters. The van der Waals surface area contributed by atoms with E-state index in [1.165, 1.54) is 35.1 Å². The monoisotopic (exact) mass is 429 g/mol. The first-order chi connectivity index (χ1) is 12.9. The molecule has 0 bridgehead atoms. The van der Waals surface area contributed by atoms with Gasteiger partial charge in [-0.25, -0.2) is 13.9 Å². The number of carboxylic acids is 1. The van der Waals surface area contributed by atoms with Crippen molar-refractivity contribution in [2.24, 2.45) is 0 Å². The third-order valence-corrected chi connectivity index (χ3v) is 6.68. The first-order valence-corrected chi connectivity index (χ1v) is 9.85. The molecule has 3 rings (SSSR count). The summed E-state index contributed by atoms with van der Waals surface area (Å²) in [5.41, 5.74) is 0.413. The summed E-state index contributed by atoms with van der Waals surface area (Å²) < 4.78 is 2.11. The minimum absolute atomic E-state index is 0.0279. The highest BCUT2D eigenvalue weighted by atomic mass is 35.5. The Bertz CT molecular complexity index is 882. The lowest BCUT2D eigenvalue weighted by molar-refractivity contribution is -0.154. The largest absolute Gasteiger partial charge is 0.477 e. The van der Waals surface area contributed by atoms with E-state index in [1.807, 2.05) is 6.07 Å². The lowest BCUT2D eigenvalue weighted by Gasteiger charge is -2.50. The molecule has 11 nitrogen and oxygen atoms in total. The summed E-state index contributed by atoms with van der Waals surface area (Å²) in [6.07, 6.45) is 0. The maximum absolute atomic E-state index is 12.4. The van der Waals surface area contributed by atoms with Gasteiger partial charge in [0.15, 0.2) is 6.04 Å². The fraction of sp³-hybridized carbons (Fsp3) is 0.462. The molecule has 142 valence electrons. The van der Waals surface area contributed by atoms with Crippen LogP contribution in [0.5, 0.6) is 0 Å². The predicted molar refractivity (Wildman–Crippen MR) is 94.1 cm³/mol. The molecule has 2 atom stereocenters. The Balaban J connectivity index is 1.80. The Morgan fingerprint density at radius 2 is 2.30 bits per heavy atom. The second-order valence-electron chi connectivity index (χ2n) is 5.51. The molecule has 2 aliphatic heterocycles. The number of carboxylic acid groups (broad SMARTS) is 1. The molecule has 0 aliphatic carbocycles. The number of aliphatic carboxylic acids is 1. The van der Waals surface area contributed by atoms with Gasteiger partial charge < -0.3 is 5.11 Å². The van der Waals surface area contributed by atoms with Crippen molar-refractivity contribution >= 4 is 53.1 Å². The molecule has 1 saturated heterocycles. The number of thioether (sulfide) groups is 2. The highest BCUT2D eigenvalue weighted by molar-refractivity contribution is 8.01. The number of aromatic nitrogens is 4. The Morgan fingerprint density at radius 1 is 1.56 bits per heavy atom. The zero-order chi connectivity index (χ0) is 19.7. The number of carbonyl (C=O) groups is 3. The van der Waals surface area contributed by atoms with Gasteiger partial charge in [0, 0.05) is 30.2 Å². The van der Waals surface area contributed by atoms with Gasteiger partial charge in [-0.2, -0.15) is 5.26 Å². The summed E-state index contributed by atoms with van der Waals surface area (Å²) >= 11 is 8.38. The van der Waals surface area contributed by atoms with Crippen LogP contribution in [-0.2, 0) is 20.9 Å². The number of fused-ring (bicyclic) bond motifs is 1. The number of β-lactam (4-membered cyclic amide) rings is 1. The second kappa shape index (κ2) is 7.75. The van der Waals surface area contributed by atoms with E-state index >= 15 is 0 Å². The molecule has 27 heavy (non-hydrogen) atoms. The van der Waals surface area contributed by atoms with Crippen LogP contribution in [0, 0.1) is 11.3 Å². The number of carbonyl (C=O) groups excluding carboxylic acids is 2. The maximum atomic E-state index is 12.4. The fourth-order valence-corrected chi connectivity index (χ4v) is 5.33. The van der Waals surface area contributed by atoms with E-state index in [9.17, 15) is 19.5 Å². The molecule has 2 amide bonds. The average Bonchev–Trinajstić information content (AvgIpc) is 3.06. The van der Waals surface area contributed by atoms with Gasteiger partial charge in [0.2, 0.25) is 11.1 Å². The van der Waals surface area contributed by atoms with Crippen LogP contribution < -0.4 is 0 Å². The zero-order valence-electron chi connectivity index (χ0n) is 13.8. The molecule has 1 aromatic rings. The highest BCUT2D eigenvalue weighted by Gasteiger charge is 2.56. The van der Waals surface area contributed by atoms with Crippen LogP contribution in [0.25, 0.3) is 0 Å². The summed E-state index contributed by atoms with van der Waals surface area (Å²) in [6, 6.07) is 1.04. The lowest BCUT2D eigenvalue weighted by atomic mass is 10.0. The van der Waals surface area contributed by atoms with Crippen LogP contribution in [0.1, 0.15) is 6.92 Å². The van der Waals surface area contributed by atoms with E-state index < -0.39 is 29.2 Å². The number of nitrogens with zero attached hydrogens (tertiary/aromatic N) is 7. The van der Waals surface area contributed by atoms with Crippen molar-refractivity contribution < 1.29 is 19.5 Å². The lowest BCUT2D eigenvalue weighted by Crippen LogP contribution is -2.69.